The van der Waals surface area contributed by atoms with Gasteiger partial charge in [-0.3, -0.25) is 9.30 Å². The third kappa shape index (κ3) is 5.99. The van der Waals surface area contributed by atoms with E-state index in [2.05, 4.69) is 26.3 Å². The maximum Gasteiger partial charge on any atom is 0.233 e. The summed E-state index contributed by atoms with van der Waals surface area (Å²) in [5, 5.41) is 13.7. The summed E-state index contributed by atoms with van der Waals surface area (Å²) in [6.07, 6.45) is 6.05. The lowest BCUT2D eigenvalue weighted by Gasteiger charge is -2.28. The first-order valence-corrected chi connectivity index (χ1v) is 10.5. The van der Waals surface area contributed by atoms with Crippen LogP contribution in [0.3, 0.4) is 0 Å². The molecule has 160 valence electrons. The fourth-order valence-electron chi connectivity index (χ4n) is 3.52. The highest BCUT2D eigenvalue weighted by atomic mass is 16.5. The molecule has 0 spiro atoms. The van der Waals surface area contributed by atoms with E-state index < -0.39 is 6.10 Å². The van der Waals surface area contributed by atoms with Crippen molar-refractivity contribution in [2.45, 2.75) is 19.1 Å². The van der Waals surface area contributed by atoms with Gasteiger partial charge < -0.3 is 19.9 Å². The Morgan fingerprint density at radius 1 is 1.23 bits per heavy atom. The third-order valence-electron chi connectivity index (χ3n) is 5.09. The summed E-state index contributed by atoms with van der Waals surface area (Å²) < 4.78 is 13.1. The zero-order valence-corrected chi connectivity index (χ0v) is 17.1. The number of hydrogen-bond acceptors (Lipinski definition) is 7. The minimum absolute atomic E-state index is 0.288. The molecule has 0 bridgehead atoms. The van der Waals surface area contributed by atoms with Gasteiger partial charge in [0.1, 0.15) is 18.5 Å². The number of β-amino-alcohol motifs (C(OH)–C–C–N with tert-alkyl or cyclic N) is 1. The number of imidazole rings is 1. The summed E-state index contributed by atoms with van der Waals surface area (Å²) >= 11 is 0. The molecule has 30 heavy (non-hydrogen) atoms. The normalized spacial score (nSPS) is 16.0. The van der Waals surface area contributed by atoms with Gasteiger partial charge in [-0.2, -0.15) is 0 Å². The van der Waals surface area contributed by atoms with Crippen LogP contribution in [0.25, 0.3) is 5.78 Å². The summed E-state index contributed by atoms with van der Waals surface area (Å²) in [6.45, 7) is 5.67. The van der Waals surface area contributed by atoms with Crippen LogP contribution in [0, 0.1) is 0 Å². The van der Waals surface area contributed by atoms with Crippen molar-refractivity contribution in [3.63, 3.8) is 0 Å². The lowest BCUT2D eigenvalue weighted by atomic mass is 10.2. The molecule has 1 saturated heterocycles. The van der Waals surface area contributed by atoms with Gasteiger partial charge in [-0.1, -0.05) is 12.1 Å². The Bertz CT molecular complexity index is 893. The van der Waals surface area contributed by atoms with E-state index in [1.165, 1.54) is 0 Å². The van der Waals surface area contributed by atoms with Gasteiger partial charge in [0.25, 0.3) is 0 Å². The maximum atomic E-state index is 10.2. The van der Waals surface area contributed by atoms with Gasteiger partial charge in [0.15, 0.2) is 0 Å². The second-order valence-corrected chi connectivity index (χ2v) is 7.51. The molecule has 0 aliphatic carbocycles. The predicted octanol–water partition coefficient (Wildman–Crippen LogP) is 1.13. The topological polar surface area (TPSA) is 84.2 Å². The zero-order chi connectivity index (χ0) is 20.6. The number of aromatic nitrogens is 3. The molecular weight excluding hydrogens is 382 g/mol. The minimum atomic E-state index is -0.509. The van der Waals surface area contributed by atoms with Crippen molar-refractivity contribution in [2.75, 3.05) is 46.0 Å². The first-order valence-electron chi connectivity index (χ1n) is 10.5. The molecule has 0 saturated carbocycles. The minimum Gasteiger partial charge on any atom is -0.491 e. The summed E-state index contributed by atoms with van der Waals surface area (Å²) in [4.78, 5) is 11.0. The molecule has 0 radical (unpaired) electrons. The van der Waals surface area contributed by atoms with Gasteiger partial charge in [-0.05, 0) is 23.8 Å². The molecule has 4 rings (SSSR count). The van der Waals surface area contributed by atoms with E-state index in [9.17, 15) is 5.11 Å². The van der Waals surface area contributed by atoms with Crippen LogP contribution in [0.15, 0.2) is 48.9 Å². The van der Waals surface area contributed by atoms with Crippen LogP contribution in [0.5, 0.6) is 5.75 Å². The molecular formula is C22H29N5O3. The molecule has 3 aromatic rings. The number of fused-ring (bicyclic) bond motifs is 1. The monoisotopic (exact) mass is 411 g/mol. The zero-order valence-electron chi connectivity index (χ0n) is 17.1. The average Bonchev–Trinajstić information content (AvgIpc) is 3.19. The van der Waals surface area contributed by atoms with E-state index in [4.69, 9.17) is 9.47 Å². The second-order valence-electron chi connectivity index (χ2n) is 7.51. The van der Waals surface area contributed by atoms with Crippen molar-refractivity contribution in [3.8, 4) is 5.75 Å². The molecule has 8 nitrogen and oxygen atoms in total. The number of nitrogens with zero attached hydrogens (tertiary/aromatic N) is 4. The molecule has 2 aromatic heterocycles. The Balaban J connectivity index is 1.18. The first kappa shape index (κ1) is 20.7. The van der Waals surface area contributed by atoms with Crippen LogP contribution in [0.2, 0.25) is 0 Å². The molecule has 1 aliphatic rings. The summed E-state index contributed by atoms with van der Waals surface area (Å²) in [5.41, 5.74) is 2.17. The van der Waals surface area contributed by atoms with Crippen molar-refractivity contribution in [3.05, 3.63) is 60.2 Å². The number of rotatable bonds is 10. The van der Waals surface area contributed by atoms with Crippen molar-refractivity contribution in [1.29, 1.82) is 0 Å². The van der Waals surface area contributed by atoms with Crippen molar-refractivity contribution >= 4 is 5.78 Å². The number of ether oxygens (including phenoxy) is 2. The van der Waals surface area contributed by atoms with E-state index >= 15 is 0 Å². The quantitative estimate of drug-likeness (QED) is 0.484. The van der Waals surface area contributed by atoms with Crippen LogP contribution in [-0.4, -0.2) is 76.5 Å². The molecule has 1 aromatic carbocycles. The van der Waals surface area contributed by atoms with Crippen molar-refractivity contribution < 1.29 is 14.6 Å². The van der Waals surface area contributed by atoms with Gasteiger partial charge in [0, 0.05) is 57.7 Å². The van der Waals surface area contributed by atoms with Crippen LogP contribution >= 0.6 is 0 Å². The van der Waals surface area contributed by atoms with Crippen molar-refractivity contribution in [1.82, 2.24) is 24.6 Å². The third-order valence-corrected chi connectivity index (χ3v) is 5.09. The Labute approximate surface area is 176 Å². The van der Waals surface area contributed by atoms with E-state index in [0.717, 1.165) is 68.6 Å². The highest BCUT2D eigenvalue weighted by Crippen LogP contribution is 2.14. The fourth-order valence-corrected chi connectivity index (χ4v) is 3.52. The number of aliphatic hydroxyl groups excluding tert-OH is 1. The number of hydrogen-bond donors (Lipinski definition) is 2. The Morgan fingerprint density at radius 3 is 3.00 bits per heavy atom. The molecule has 1 atom stereocenters. The predicted molar refractivity (Wildman–Crippen MR) is 114 cm³/mol. The Hall–Kier alpha value is -2.52. The standard InChI is InChI=1S/C22H29N5O3/c28-20(16-26-9-11-29-12-10-26)17-30-21-4-1-3-18(13-21)14-23-7-5-19-15-27-8-2-6-24-22(27)25-19/h1-4,6,8,13,15,20,23,28H,5,7,9-12,14,16-17H2/t20-/m1/s1. The molecule has 2 N–H and O–H groups in total. The second kappa shape index (κ2) is 10.5. The Kier molecular flexibility index (Phi) is 7.25. The van der Waals surface area contributed by atoms with E-state index in [1.807, 2.05) is 41.1 Å². The number of morpholine rings is 1. The number of nitrogens with one attached hydrogen (secondary N) is 1. The van der Waals surface area contributed by atoms with E-state index in [0.29, 0.717) is 6.54 Å². The van der Waals surface area contributed by atoms with Gasteiger partial charge in [0.2, 0.25) is 5.78 Å². The number of benzene rings is 1. The average molecular weight is 412 g/mol. The maximum absolute atomic E-state index is 10.2. The van der Waals surface area contributed by atoms with Crippen LogP contribution < -0.4 is 10.1 Å². The van der Waals surface area contributed by atoms with Gasteiger partial charge in [-0.15, -0.1) is 0 Å². The van der Waals surface area contributed by atoms with Crippen LogP contribution in [0.1, 0.15) is 11.3 Å². The van der Waals surface area contributed by atoms with Gasteiger partial charge in [0.05, 0.1) is 18.9 Å². The van der Waals surface area contributed by atoms with E-state index in [-0.39, 0.29) is 6.61 Å². The van der Waals surface area contributed by atoms with Gasteiger partial charge in [-0.25, -0.2) is 9.97 Å². The lowest BCUT2D eigenvalue weighted by molar-refractivity contribution is 0.00465. The first-order chi connectivity index (χ1) is 14.8. The summed E-state index contributed by atoms with van der Waals surface area (Å²) in [7, 11) is 0. The smallest absolute Gasteiger partial charge is 0.233 e. The highest BCUT2D eigenvalue weighted by molar-refractivity contribution is 5.30. The summed E-state index contributed by atoms with van der Waals surface area (Å²) in [5.74, 6) is 1.51. The molecule has 1 aliphatic heterocycles. The Morgan fingerprint density at radius 2 is 2.13 bits per heavy atom. The number of aliphatic hydroxyl groups is 1. The molecule has 0 unspecified atom stereocenters. The van der Waals surface area contributed by atoms with Crippen molar-refractivity contribution in [2.24, 2.45) is 0 Å². The van der Waals surface area contributed by atoms with E-state index in [1.54, 1.807) is 6.20 Å². The largest absolute Gasteiger partial charge is 0.491 e. The highest BCUT2D eigenvalue weighted by Gasteiger charge is 2.15. The fraction of sp³-hybridized carbons (Fsp3) is 0.455. The summed E-state index contributed by atoms with van der Waals surface area (Å²) in [6, 6.07) is 9.89. The lowest BCUT2D eigenvalue weighted by Crippen LogP contribution is -2.42. The SMILES string of the molecule is O[C@@H](COc1cccc(CNCCc2cn3cccnc3n2)c1)CN1CCOCC1. The molecule has 3 heterocycles. The molecule has 0 amide bonds. The van der Waals surface area contributed by atoms with Crippen LogP contribution in [0.4, 0.5) is 0 Å². The van der Waals surface area contributed by atoms with Crippen LogP contribution in [-0.2, 0) is 17.7 Å². The molecule has 8 heteroatoms. The van der Waals surface area contributed by atoms with Gasteiger partial charge >= 0.3 is 0 Å². The molecule has 1 fully saturated rings.